The van der Waals surface area contributed by atoms with Crippen LogP contribution in [0.2, 0.25) is 0 Å². The minimum absolute atomic E-state index is 0.208. The van der Waals surface area contributed by atoms with Crippen LogP contribution in [-0.4, -0.2) is 51.8 Å². The van der Waals surface area contributed by atoms with Crippen molar-refractivity contribution in [3.63, 3.8) is 0 Å². The summed E-state index contributed by atoms with van der Waals surface area (Å²) in [6, 6.07) is 12.3. The van der Waals surface area contributed by atoms with Crippen molar-refractivity contribution in [1.82, 2.24) is 10.6 Å². The van der Waals surface area contributed by atoms with Crippen LogP contribution in [0.25, 0.3) is 0 Å². The normalized spacial score (nSPS) is 11.1. The highest BCUT2D eigenvalue weighted by Gasteiger charge is 2.22. The van der Waals surface area contributed by atoms with Crippen LogP contribution < -0.4 is 24.8 Å². The SMILES string of the molecule is CCC(OC(=O)CNC(=O)c1cc(OC)c(OC)c(OC)c1)C(=O)NCc1ccccc1. The minimum atomic E-state index is -0.954. The average Bonchev–Trinajstić information content (AvgIpc) is 2.83. The molecule has 1 unspecified atom stereocenters. The van der Waals surface area contributed by atoms with Gasteiger partial charge in [-0.2, -0.15) is 0 Å². The molecule has 0 heterocycles. The third kappa shape index (κ3) is 6.63. The Morgan fingerprint density at radius 2 is 1.53 bits per heavy atom. The summed E-state index contributed by atoms with van der Waals surface area (Å²) in [6.07, 6.45) is -0.656. The summed E-state index contributed by atoms with van der Waals surface area (Å²) < 4.78 is 20.9. The quantitative estimate of drug-likeness (QED) is 0.510. The number of amides is 2. The van der Waals surface area contributed by atoms with Crippen molar-refractivity contribution in [2.24, 2.45) is 0 Å². The van der Waals surface area contributed by atoms with Gasteiger partial charge in [0.05, 0.1) is 21.3 Å². The maximum absolute atomic E-state index is 12.5. The highest BCUT2D eigenvalue weighted by molar-refractivity contribution is 5.97. The fraction of sp³-hybridized carbons (Fsp3) is 0.348. The maximum Gasteiger partial charge on any atom is 0.326 e. The predicted octanol–water partition coefficient (Wildman–Crippen LogP) is 2.08. The zero-order valence-corrected chi connectivity index (χ0v) is 18.6. The molecule has 2 rings (SSSR count). The molecule has 0 bridgehead atoms. The summed E-state index contributed by atoms with van der Waals surface area (Å²) in [4.78, 5) is 37.0. The number of nitrogens with one attached hydrogen (secondary N) is 2. The first-order valence-corrected chi connectivity index (χ1v) is 10.0. The molecule has 0 aliphatic carbocycles. The van der Waals surface area contributed by atoms with E-state index in [9.17, 15) is 14.4 Å². The summed E-state index contributed by atoms with van der Waals surface area (Å²) in [7, 11) is 4.32. The van der Waals surface area contributed by atoms with Crippen molar-refractivity contribution < 1.29 is 33.3 Å². The molecule has 0 radical (unpaired) electrons. The number of benzene rings is 2. The van der Waals surface area contributed by atoms with Crippen molar-refractivity contribution in [2.75, 3.05) is 27.9 Å². The minimum Gasteiger partial charge on any atom is -0.493 e. The van der Waals surface area contributed by atoms with E-state index in [0.717, 1.165) is 5.56 Å². The highest BCUT2D eigenvalue weighted by Crippen LogP contribution is 2.38. The molecule has 2 aromatic rings. The zero-order valence-electron chi connectivity index (χ0n) is 18.6. The topological polar surface area (TPSA) is 112 Å². The first-order chi connectivity index (χ1) is 15.4. The Balaban J connectivity index is 1.92. The van der Waals surface area contributed by atoms with E-state index in [0.29, 0.717) is 30.2 Å². The smallest absolute Gasteiger partial charge is 0.326 e. The molecular formula is C23H28N2O7. The van der Waals surface area contributed by atoms with Gasteiger partial charge in [0, 0.05) is 12.1 Å². The Bertz CT molecular complexity index is 906. The summed E-state index contributed by atoms with van der Waals surface area (Å²) in [6.45, 7) is 1.65. The van der Waals surface area contributed by atoms with Gasteiger partial charge in [-0.15, -0.1) is 0 Å². The first-order valence-electron chi connectivity index (χ1n) is 10.0. The van der Waals surface area contributed by atoms with Crippen molar-refractivity contribution in [2.45, 2.75) is 26.0 Å². The Morgan fingerprint density at radius 3 is 2.06 bits per heavy atom. The molecule has 9 nitrogen and oxygen atoms in total. The molecule has 0 saturated carbocycles. The van der Waals surface area contributed by atoms with Gasteiger partial charge >= 0.3 is 5.97 Å². The number of hydrogen-bond acceptors (Lipinski definition) is 7. The van der Waals surface area contributed by atoms with Crippen LogP contribution in [-0.2, 0) is 20.9 Å². The molecule has 0 aliphatic rings. The second-order valence-electron chi connectivity index (χ2n) is 6.69. The van der Waals surface area contributed by atoms with E-state index in [1.807, 2.05) is 30.3 Å². The van der Waals surface area contributed by atoms with E-state index in [4.69, 9.17) is 18.9 Å². The Morgan fingerprint density at radius 1 is 0.906 bits per heavy atom. The van der Waals surface area contributed by atoms with Gasteiger partial charge in [0.15, 0.2) is 17.6 Å². The number of methoxy groups -OCH3 is 3. The third-order valence-electron chi connectivity index (χ3n) is 4.57. The van der Waals surface area contributed by atoms with Gasteiger partial charge < -0.3 is 29.6 Å². The van der Waals surface area contributed by atoms with Gasteiger partial charge in [-0.05, 0) is 24.1 Å². The second-order valence-corrected chi connectivity index (χ2v) is 6.69. The molecule has 0 fully saturated rings. The van der Waals surface area contributed by atoms with Crippen molar-refractivity contribution in [1.29, 1.82) is 0 Å². The second kappa shape index (κ2) is 12.2. The molecule has 2 N–H and O–H groups in total. The van der Waals surface area contributed by atoms with E-state index in [1.165, 1.54) is 33.5 Å². The number of esters is 1. The lowest BCUT2D eigenvalue weighted by atomic mass is 10.1. The molecule has 172 valence electrons. The van der Waals surface area contributed by atoms with Crippen LogP contribution in [0.3, 0.4) is 0 Å². The van der Waals surface area contributed by atoms with Gasteiger partial charge in [0.1, 0.15) is 6.54 Å². The molecule has 0 aliphatic heterocycles. The fourth-order valence-electron chi connectivity index (χ4n) is 2.89. The average molecular weight is 444 g/mol. The van der Waals surface area contributed by atoms with Crippen molar-refractivity contribution in [3.05, 3.63) is 53.6 Å². The number of hydrogen-bond donors (Lipinski definition) is 2. The summed E-state index contributed by atoms with van der Waals surface area (Å²) in [5.41, 5.74) is 1.14. The van der Waals surface area contributed by atoms with Crippen LogP contribution >= 0.6 is 0 Å². The van der Waals surface area contributed by atoms with Crippen LogP contribution in [0.4, 0.5) is 0 Å². The third-order valence-corrected chi connectivity index (χ3v) is 4.57. The highest BCUT2D eigenvalue weighted by atomic mass is 16.5. The molecule has 9 heteroatoms. The fourth-order valence-corrected chi connectivity index (χ4v) is 2.89. The molecule has 32 heavy (non-hydrogen) atoms. The maximum atomic E-state index is 12.5. The number of rotatable bonds is 11. The van der Waals surface area contributed by atoms with Crippen LogP contribution in [0.15, 0.2) is 42.5 Å². The van der Waals surface area contributed by atoms with Crippen molar-refractivity contribution in [3.8, 4) is 17.2 Å². The van der Waals surface area contributed by atoms with Crippen molar-refractivity contribution >= 4 is 17.8 Å². The molecule has 2 amide bonds. The van der Waals surface area contributed by atoms with Gasteiger partial charge in [0.2, 0.25) is 5.75 Å². The van der Waals surface area contributed by atoms with Gasteiger partial charge in [0.25, 0.3) is 11.8 Å². The molecule has 0 spiro atoms. The summed E-state index contributed by atoms with van der Waals surface area (Å²) in [5.74, 6) is -0.712. The Hall–Kier alpha value is -3.75. The zero-order chi connectivity index (χ0) is 23.5. The largest absolute Gasteiger partial charge is 0.493 e. The first kappa shape index (κ1) is 24.5. The monoisotopic (exact) mass is 444 g/mol. The van der Waals surface area contributed by atoms with E-state index in [-0.39, 0.29) is 5.56 Å². The van der Waals surface area contributed by atoms with E-state index < -0.39 is 30.4 Å². The predicted molar refractivity (Wildman–Crippen MR) is 117 cm³/mol. The molecular weight excluding hydrogens is 416 g/mol. The van der Waals surface area contributed by atoms with Crippen LogP contribution in [0, 0.1) is 0 Å². The molecule has 0 saturated heterocycles. The number of carbonyl (C=O) groups is 3. The Labute approximate surface area is 187 Å². The van der Waals surface area contributed by atoms with Crippen LogP contribution in [0.5, 0.6) is 17.2 Å². The van der Waals surface area contributed by atoms with Gasteiger partial charge in [-0.3, -0.25) is 14.4 Å². The lowest BCUT2D eigenvalue weighted by Gasteiger charge is -2.17. The standard InChI is InChI=1S/C23H28N2O7/c1-5-17(23(28)24-13-15-9-7-6-8-10-15)32-20(26)14-25-22(27)16-11-18(29-2)21(31-4)19(12-16)30-3/h6-12,17H,5,13-14H2,1-4H3,(H,24,28)(H,25,27). The molecule has 2 aromatic carbocycles. The van der Waals surface area contributed by atoms with E-state index in [2.05, 4.69) is 10.6 Å². The van der Waals surface area contributed by atoms with Gasteiger partial charge in [-0.1, -0.05) is 37.3 Å². The van der Waals surface area contributed by atoms with E-state index in [1.54, 1.807) is 6.92 Å². The lowest BCUT2D eigenvalue weighted by Crippen LogP contribution is -2.39. The number of ether oxygens (including phenoxy) is 4. The summed E-state index contributed by atoms with van der Waals surface area (Å²) in [5, 5.41) is 5.21. The van der Waals surface area contributed by atoms with Gasteiger partial charge in [-0.25, -0.2) is 0 Å². The number of carbonyl (C=O) groups excluding carboxylic acids is 3. The molecule has 1 atom stereocenters. The Kier molecular flexibility index (Phi) is 9.34. The lowest BCUT2D eigenvalue weighted by molar-refractivity contribution is -0.155. The molecule has 0 aromatic heterocycles. The van der Waals surface area contributed by atoms with Crippen LogP contribution in [0.1, 0.15) is 29.3 Å². The summed E-state index contributed by atoms with van der Waals surface area (Å²) >= 11 is 0. The van der Waals surface area contributed by atoms with E-state index >= 15 is 0 Å².